The highest BCUT2D eigenvalue weighted by Crippen LogP contribution is 2.41. The number of guanidine groups is 1. The molecule has 2 aliphatic heterocycles. The molecule has 0 aliphatic carbocycles. The highest BCUT2D eigenvalue weighted by atomic mass is 19.1. The van der Waals surface area contributed by atoms with Crippen molar-refractivity contribution in [1.82, 2.24) is 20.2 Å². The summed E-state index contributed by atoms with van der Waals surface area (Å²) in [4.78, 5) is 24.6. The van der Waals surface area contributed by atoms with E-state index in [1.54, 1.807) is 14.0 Å². The average molecular weight is 384 g/mol. The molecule has 28 heavy (non-hydrogen) atoms. The maximum absolute atomic E-state index is 14.1. The van der Waals surface area contributed by atoms with E-state index in [1.165, 1.54) is 12.0 Å². The molecule has 1 aromatic carbocycles. The Labute approximate surface area is 161 Å². The first-order valence-electron chi connectivity index (χ1n) is 8.90. The lowest BCUT2D eigenvalue weighted by Crippen LogP contribution is -2.64. The molecular weight excluding hydrogens is 363 g/mol. The van der Waals surface area contributed by atoms with E-state index in [9.17, 15) is 9.18 Å². The number of hydrogen-bond acceptors (Lipinski definition) is 6. The fourth-order valence-electron chi connectivity index (χ4n) is 3.95. The molecule has 1 unspecified atom stereocenters. The SMILES string of the molecule is COc1nc(N2CC3C(=O)N(C)C(=N)N[C@@]3(c3ccccc3)C2)nc(C)c1F. The minimum atomic E-state index is -0.791. The number of hydrogen-bond donors (Lipinski definition) is 2. The van der Waals surface area contributed by atoms with Crippen LogP contribution in [-0.2, 0) is 10.3 Å². The van der Waals surface area contributed by atoms with Gasteiger partial charge < -0.3 is 15.0 Å². The number of benzene rings is 1. The smallest absolute Gasteiger partial charge is 0.255 e. The van der Waals surface area contributed by atoms with Gasteiger partial charge in [0.1, 0.15) is 0 Å². The van der Waals surface area contributed by atoms with Crippen LogP contribution in [0.15, 0.2) is 30.3 Å². The Morgan fingerprint density at radius 2 is 2.04 bits per heavy atom. The summed E-state index contributed by atoms with van der Waals surface area (Å²) >= 11 is 0. The number of nitrogens with one attached hydrogen (secondary N) is 2. The number of rotatable bonds is 3. The second kappa shape index (κ2) is 6.43. The van der Waals surface area contributed by atoms with Crippen LogP contribution >= 0.6 is 0 Å². The van der Waals surface area contributed by atoms with Crippen molar-refractivity contribution < 1.29 is 13.9 Å². The van der Waals surface area contributed by atoms with Crippen LogP contribution in [0.5, 0.6) is 5.88 Å². The van der Waals surface area contributed by atoms with Gasteiger partial charge in [-0.15, -0.1) is 0 Å². The van der Waals surface area contributed by atoms with Crippen molar-refractivity contribution >= 4 is 17.8 Å². The van der Waals surface area contributed by atoms with E-state index in [0.29, 0.717) is 19.0 Å². The normalized spacial score (nSPS) is 24.2. The van der Waals surface area contributed by atoms with Crippen molar-refractivity contribution in [2.75, 3.05) is 32.1 Å². The van der Waals surface area contributed by atoms with Gasteiger partial charge in [-0.05, 0) is 12.5 Å². The van der Waals surface area contributed by atoms with Gasteiger partial charge in [-0.1, -0.05) is 30.3 Å². The molecule has 2 N–H and O–H groups in total. The molecule has 146 valence electrons. The summed E-state index contributed by atoms with van der Waals surface area (Å²) in [5, 5.41) is 11.5. The van der Waals surface area contributed by atoms with Gasteiger partial charge >= 0.3 is 0 Å². The number of aryl methyl sites for hydroxylation is 1. The molecule has 2 aromatic rings. The van der Waals surface area contributed by atoms with Crippen LogP contribution < -0.4 is 15.0 Å². The molecule has 1 amide bonds. The Morgan fingerprint density at radius 1 is 1.32 bits per heavy atom. The van der Waals surface area contributed by atoms with Crippen LogP contribution in [0.3, 0.4) is 0 Å². The fourth-order valence-corrected chi connectivity index (χ4v) is 3.95. The predicted molar refractivity (Wildman–Crippen MR) is 101 cm³/mol. The van der Waals surface area contributed by atoms with Gasteiger partial charge in [0, 0.05) is 20.1 Å². The number of halogens is 1. The summed E-state index contributed by atoms with van der Waals surface area (Å²) in [6.07, 6.45) is 0. The topological polar surface area (TPSA) is 94.4 Å². The molecule has 2 fully saturated rings. The van der Waals surface area contributed by atoms with Crippen molar-refractivity contribution in [3.8, 4) is 5.88 Å². The van der Waals surface area contributed by atoms with Crippen molar-refractivity contribution in [3.63, 3.8) is 0 Å². The number of carbonyl (C=O) groups is 1. The lowest BCUT2D eigenvalue weighted by atomic mass is 9.78. The Morgan fingerprint density at radius 3 is 2.71 bits per heavy atom. The number of ether oxygens (including phenoxy) is 1. The Hall–Kier alpha value is -3.23. The number of carbonyl (C=O) groups excluding carboxylic acids is 1. The molecule has 2 atom stereocenters. The number of fused-ring (bicyclic) bond motifs is 1. The third-order valence-corrected chi connectivity index (χ3v) is 5.48. The molecule has 4 rings (SSSR count). The minimum absolute atomic E-state index is 0.0424. The monoisotopic (exact) mass is 384 g/mol. The van der Waals surface area contributed by atoms with Crippen LogP contribution in [0.4, 0.5) is 10.3 Å². The summed E-state index contributed by atoms with van der Waals surface area (Å²) in [5.41, 5.74) is 0.287. The predicted octanol–water partition coefficient (Wildman–Crippen LogP) is 1.26. The van der Waals surface area contributed by atoms with E-state index in [2.05, 4.69) is 15.3 Å². The molecular formula is C19H21FN6O2. The maximum Gasteiger partial charge on any atom is 0.255 e. The number of amides is 1. The third kappa shape index (κ3) is 2.57. The summed E-state index contributed by atoms with van der Waals surface area (Å²) in [6, 6.07) is 9.58. The standard InChI is InChI=1S/C19H21FN6O2/c1-11-14(20)15(28-3)23-18(22-11)26-9-13-16(27)25(2)17(21)24-19(13,10-26)12-7-5-4-6-8-12/h4-8,13H,9-10H2,1-3H3,(H2,21,24)/t13?,19-/m1/s1. The average Bonchev–Trinajstić information content (AvgIpc) is 3.10. The Balaban J connectivity index is 1.80. The van der Waals surface area contributed by atoms with Gasteiger partial charge in [-0.25, -0.2) is 4.98 Å². The molecule has 1 aromatic heterocycles. The summed E-state index contributed by atoms with van der Waals surface area (Å²) in [5.74, 6) is -0.994. The summed E-state index contributed by atoms with van der Waals surface area (Å²) in [7, 11) is 2.93. The molecule has 0 spiro atoms. The highest BCUT2D eigenvalue weighted by Gasteiger charge is 2.56. The molecule has 0 bridgehead atoms. The maximum atomic E-state index is 14.1. The van der Waals surface area contributed by atoms with Crippen molar-refractivity contribution in [2.45, 2.75) is 12.5 Å². The van der Waals surface area contributed by atoms with Gasteiger partial charge in [0.25, 0.3) is 5.88 Å². The second-order valence-electron chi connectivity index (χ2n) is 7.07. The Bertz CT molecular complexity index is 953. The van der Waals surface area contributed by atoms with E-state index in [4.69, 9.17) is 10.1 Å². The molecule has 0 saturated carbocycles. The van der Waals surface area contributed by atoms with Gasteiger partial charge in [-0.2, -0.15) is 9.37 Å². The van der Waals surface area contributed by atoms with Gasteiger partial charge in [-0.3, -0.25) is 15.1 Å². The van der Waals surface area contributed by atoms with Gasteiger partial charge in [0.2, 0.25) is 17.7 Å². The lowest BCUT2D eigenvalue weighted by molar-refractivity contribution is -0.134. The van der Waals surface area contributed by atoms with E-state index in [1.807, 2.05) is 35.2 Å². The fraction of sp³-hybridized carbons (Fsp3) is 0.368. The summed E-state index contributed by atoms with van der Waals surface area (Å²) in [6.45, 7) is 2.25. The number of anilines is 1. The second-order valence-corrected chi connectivity index (χ2v) is 7.07. The zero-order valence-electron chi connectivity index (χ0n) is 15.9. The number of nitrogens with zero attached hydrogens (tertiary/aromatic N) is 4. The van der Waals surface area contributed by atoms with Crippen molar-refractivity contribution in [3.05, 3.63) is 47.4 Å². The molecule has 2 saturated heterocycles. The third-order valence-electron chi connectivity index (χ3n) is 5.48. The molecule has 9 heteroatoms. The molecule has 8 nitrogen and oxygen atoms in total. The van der Waals surface area contributed by atoms with E-state index >= 15 is 0 Å². The first-order valence-corrected chi connectivity index (χ1v) is 8.90. The van der Waals surface area contributed by atoms with Gasteiger partial charge in [0.15, 0.2) is 5.96 Å². The number of aromatic nitrogens is 2. The molecule has 0 radical (unpaired) electrons. The Kier molecular flexibility index (Phi) is 4.17. The van der Waals surface area contributed by atoms with Crippen molar-refractivity contribution in [1.29, 1.82) is 5.41 Å². The lowest BCUT2D eigenvalue weighted by Gasteiger charge is -2.43. The van der Waals surface area contributed by atoms with Crippen LogP contribution in [0.1, 0.15) is 11.3 Å². The minimum Gasteiger partial charge on any atom is -0.479 e. The quantitative estimate of drug-likeness (QED) is 0.828. The first kappa shape index (κ1) is 18.1. The van der Waals surface area contributed by atoms with Crippen LogP contribution in [0.2, 0.25) is 0 Å². The van der Waals surface area contributed by atoms with Crippen LogP contribution in [-0.4, -0.2) is 54.0 Å². The zero-order valence-corrected chi connectivity index (χ0v) is 15.9. The van der Waals surface area contributed by atoms with Crippen LogP contribution in [0.25, 0.3) is 0 Å². The largest absolute Gasteiger partial charge is 0.479 e. The van der Waals surface area contributed by atoms with Crippen LogP contribution in [0, 0.1) is 24.1 Å². The van der Waals surface area contributed by atoms with Crippen molar-refractivity contribution in [2.24, 2.45) is 5.92 Å². The molecule has 2 aliphatic rings. The highest BCUT2D eigenvalue weighted by molar-refractivity contribution is 6.01. The number of methoxy groups -OCH3 is 1. The molecule has 3 heterocycles. The zero-order chi connectivity index (χ0) is 20.1. The summed E-state index contributed by atoms with van der Waals surface area (Å²) < 4.78 is 19.1. The van der Waals surface area contributed by atoms with E-state index in [0.717, 1.165) is 5.56 Å². The van der Waals surface area contributed by atoms with E-state index < -0.39 is 17.3 Å². The van der Waals surface area contributed by atoms with E-state index in [-0.39, 0.29) is 23.4 Å². The van der Waals surface area contributed by atoms with Gasteiger partial charge in [0.05, 0.1) is 24.3 Å². The first-order chi connectivity index (χ1) is 13.4.